The van der Waals surface area contributed by atoms with Crippen molar-refractivity contribution < 1.29 is 23.9 Å². The molecule has 2 rings (SSSR count). The number of hydrogen-bond donors (Lipinski definition) is 1. The van der Waals surface area contributed by atoms with Gasteiger partial charge >= 0.3 is 11.9 Å². The molecule has 6 nitrogen and oxygen atoms in total. The molecule has 158 valence electrons. The van der Waals surface area contributed by atoms with E-state index < -0.39 is 23.9 Å². The molecule has 0 aliphatic rings. The summed E-state index contributed by atoms with van der Waals surface area (Å²) in [6, 6.07) is 13.4. The highest BCUT2D eigenvalue weighted by Crippen LogP contribution is 2.26. The van der Waals surface area contributed by atoms with Gasteiger partial charge in [0, 0.05) is 18.1 Å². The van der Waals surface area contributed by atoms with Gasteiger partial charge in [0.1, 0.15) is 6.04 Å². The predicted molar refractivity (Wildman–Crippen MR) is 118 cm³/mol. The monoisotopic (exact) mass is 427 g/mol. The number of esters is 2. The number of hydrogen-bond acceptors (Lipinski definition) is 6. The van der Waals surface area contributed by atoms with Crippen molar-refractivity contribution in [2.45, 2.75) is 33.2 Å². The van der Waals surface area contributed by atoms with Crippen molar-refractivity contribution in [1.29, 1.82) is 0 Å². The second-order valence-electron chi connectivity index (χ2n) is 7.19. The van der Waals surface area contributed by atoms with E-state index in [-0.39, 0.29) is 11.0 Å². The highest BCUT2D eigenvalue weighted by atomic mass is 32.1. The smallest absolute Gasteiger partial charge is 0.328 e. The van der Waals surface area contributed by atoms with Gasteiger partial charge in [-0.05, 0) is 53.9 Å². The Bertz CT molecular complexity index is 940. The Labute approximate surface area is 181 Å². The Morgan fingerprint density at radius 3 is 2.30 bits per heavy atom. The summed E-state index contributed by atoms with van der Waals surface area (Å²) in [5, 5.41) is 2.80. The second kappa shape index (κ2) is 10.6. The lowest BCUT2D eigenvalue weighted by Crippen LogP contribution is -2.42. The summed E-state index contributed by atoms with van der Waals surface area (Å²) in [5.41, 5.74) is 2.26. The quantitative estimate of drug-likeness (QED) is 0.533. The molecule has 0 aliphatic heterocycles. The third-order valence-electron chi connectivity index (χ3n) is 4.32. The highest BCUT2D eigenvalue weighted by Gasteiger charge is 2.25. The van der Waals surface area contributed by atoms with E-state index in [1.54, 1.807) is 18.2 Å². The molecule has 0 aliphatic carbocycles. The standard InChI is InChI=1S/C23H25NO5S/c1-14(2)12-20(22(27)28-4)24-21(26)18-11-10-17(23(30)29-15(3)25)13-19(18)16-8-6-5-7-9-16/h5-11,13-14,20H,12H2,1-4H3,(H,24,26)/t20-/m0/s1. The van der Waals surface area contributed by atoms with Crippen LogP contribution in [0.2, 0.25) is 0 Å². The van der Waals surface area contributed by atoms with Crippen LogP contribution in [0, 0.1) is 5.92 Å². The first-order valence-corrected chi connectivity index (χ1v) is 9.94. The fourth-order valence-electron chi connectivity index (χ4n) is 2.98. The lowest BCUT2D eigenvalue weighted by molar-refractivity contribution is -0.143. The van der Waals surface area contributed by atoms with Gasteiger partial charge in [-0.2, -0.15) is 0 Å². The van der Waals surface area contributed by atoms with E-state index in [9.17, 15) is 14.4 Å². The van der Waals surface area contributed by atoms with Gasteiger partial charge in [0.15, 0.2) is 0 Å². The first-order chi connectivity index (χ1) is 14.2. The Kier molecular flexibility index (Phi) is 8.24. The Morgan fingerprint density at radius 2 is 1.73 bits per heavy atom. The average molecular weight is 428 g/mol. The minimum Gasteiger partial charge on any atom is -0.467 e. The predicted octanol–water partition coefficient (Wildman–Crippen LogP) is 3.91. The number of methoxy groups -OCH3 is 1. The van der Waals surface area contributed by atoms with Crippen molar-refractivity contribution in [2.75, 3.05) is 7.11 Å². The molecular weight excluding hydrogens is 402 g/mol. The van der Waals surface area contributed by atoms with Crippen LogP contribution in [0.15, 0.2) is 48.5 Å². The Hall–Kier alpha value is -3.06. The van der Waals surface area contributed by atoms with Gasteiger partial charge in [-0.15, -0.1) is 0 Å². The Balaban J connectivity index is 2.44. The maximum absolute atomic E-state index is 13.1. The number of carbonyl (C=O) groups is 3. The van der Waals surface area contributed by atoms with E-state index in [0.717, 1.165) is 5.56 Å². The first-order valence-electron chi connectivity index (χ1n) is 9.53. The van der Waals surface area contributed by atoms with Crippen LogP contribution in [-0.4, -0.2) is 36.0 Å². The summed E-state index contributed by atoms with van der Waals surface area (Å²) in [4.78, 5) is 36.4. The van der Waals surface area contributed by atoms with E-state index in [1.165, 1.54) is 14.0 Å². The van der Waals surface area contributed by atoms with Crippen LogP contribution in [0.5, 0.6) is 0 Å². The maximum Gasteiger partial charge on any atom is 0.328 e. The van der Waals surface area contributed by atoms with Crippen LogP contribution in [0.3, 0.4) is 0 Å². The number of nitrogens with one attached hydrogen (secondary N) is 1. The normalized spacial score (nSPS) is 11.5. The van der Waals surface area contributed by atoms with Crippen molar-refractivity contribution in [3.8, 4) is 11.1 Å². The number of ether oxygens (including phenoxy) is 2. The van der Waals surface area contributed by atoms with Crippen LogP contribution < -0.4 is 5.32 Å². The molecule has 7 heteroatoms. The SMILES string of the molecule is COC(=O)[C@H](CC(C)C)NC(=O)c1ccc(C(=S)OC(C)=O)cc1-c1ccccc1. The lowest BCUT2D eigenvalue weighted by atomic mass is 9.96. The topological polar surface area (TPSA) is 81.7 Å². The minimum absolute atomic E-state index is 0.0267. The molecule has 0 radical (unpaired) electrons. The number of carbonyl (C=O) groups excluding carboxylic acids is 3. The van der Waals surface area contributed by atoms with E-state index >= 15 is 0 Å². The van der Waals surface area contributed by atoms with E-state index in [1.807, 2.05) is 44.2 Å². The maximum atomic E-state index is 13.1. The molecule has 1 atom stereocenters. The molecule has 1 amide bonds. The van der Waals surface area contributed by atoms with Crippen molar-refractivity contribution >= 4 is 35.1 Å². The zero-order chi connectivity index (χ0) is 22.3. The summed E-state index contributed by atoms with van der Waals surface area (Å²) in [6.45, 7) is 5.19. The van der Waals surface area contributed by atoms with E-state index in [0.29, 0.717) is 23.1 Å². The number of rotatable bonds is 7. The van der Waals surface area contributed by atoms with Gasteiger partial charge in [0.2, 0.25) is 5.05 Å². The second-order valence-corrected chi connectivity index (χ2v) is 7.56. The molecule has 0 bridgehead atoms. The van der Waals surface area contributed by atoms with Crippen molar-refractivity contribution in [1.82, 2.24) is 5.32 Å². The molecule has 0 heterocycles. The molecule has 0 spiro atoms. The van der Waals surface area contributed by atoms with Crippen molar-refractivity contribution in [3.05, 3.63) is 59.7 Å². The van der Waals surface area contributed by atoms with Gasteiger partial charge in [-0.1, -0.05) is 44.2 Å². The zero-order valence-corrected chi connectivity index (χ0v) is 18.2. The summed E-state index contributed by atoms with van der Waals surface area (Å²) >= 11 is 5.18. The van der Waals surface area contributed by atoms with Gasteiger partial charge in [-0.25, -0.2) is 4.79 Å². The molecular formula is C23H25NO5S. The van der Waals surface area contributed by atoms with Crippen molar-refractivity contribution in [2.24, 2.45) is 5.92 Å². The van der Waals surface area contributed by atoms with E-state index in [4.69, 9.17) is 21.7 Å². The summed E-state index contributed by atoms with van der Waals surface area (Å²) in [7, 11) is 1.29. The number of amides is 1. The zero-order valence-electron chi connectivity index (χ0n) is 17.4. The largest absolute Gasteiger partial charge is 0.467 e. The number of benzene rings is 2. The molecule has 0 aromatic heterocycles. The van der Waals surface area contributed by atoms with E-state index in [2.05, 4.69) is 5.32 Å². The molecule has 0 unspecified atom stereocenters. The van der Waals surface area contributed by atoms with Crippen LogP contribution in [0.4, 0.5) is 0 Å². The fourth-order valence-corrected chi connectivity index (χ4v) is 3.22. The minimum atomic E-state index is -0.757. The number of thiocarbonyl (C=S) groups is 1. The lowest BCUT2D eigenvalue weighted by Gasteiger charge is -2.19. The third kappa shape index (κ3) is 6.22. The summed E-state index contributed by atoms with van der Waals surface area (Å²) < 4.78 is 9.85. The fraction of sp³-hybridized carbons (Fsp3) is 0.304. The van der Waals surface area contributed by atoms with Crippen LogP contribution in [-0.2, 0) is 19.1 Å². The Morgan fingerprint density at radius 1 is 1.07 bits per heavy atom. The van der Waals surface area contributed by atoms with Crippen LogP contribution in [0.25, 0.3) is 11.1 Å². The van der Waals surface area contributed by atoms with Crippen LogP contribution >= 0.6 is 12.2 Å². The molecule has 0 saturated carbocycles. The average Bonchev–Trinajstić information content (AvgIpc) is 2.72. The van der Waals surface area contributed by atoms with Gasteiger partial charge in [0.05, 0.1) is 7.11 Å². The molecule has 2 aromatic carbocycles. The molecule has 0 fully saturated rings. The molecule has 0 saturated heterocycles. The van der Waals surface area contributed by atoms with Crippen LogP contribution in [0.1, 0.15) is 43.1 Å². The third-order valence-corrected chi connectivity index (χ3v) is 4.64. The summed E-state index contributed by atoms with van der Waals surface area (Å²) in [5.74, 6) is -1.23. The van der Waals surface area contributed by atoms with Crippen molar-refractivity contribution in [3.63, 3.8) is 0 Å². The first kappa shape index (κ1) is 23.2. The van der Waals surface area contributed by atoms with Gasteiger partial charge in [-0.3, -0.25) is 9.59 Å². The summed E-state index contributed by atoms with van der Waals surface area (Å²) in [6.07, 6.45) is 0.452. The highest BCUT2D eigenvalue weighted by molar-refractivity contribution is 7.80. The molecule has 30 heavy (non-hydrogen) atoms. The molecule has 2 aromatic rings. The van der Waals surface area contributed by atoms with Gasteiger partial charge in [0.25, 0.3) is 5.91 Å². The molecule has 1 N–H and O–H groups in total. The van der Waals surface area contributed by atoms with Gasteiger partial charge < -0.3 is 14.8 Å².